The van der Waals surface area contributed by atoms with Gasteiger partial charge in [0.15, 0.2) is 0 Å². The number of allylic oxidation sites excluding steroid dienone is 1. The van der Waals surface area contributed by atoms with Gasteiger partial charge in [0.2, 0.25) is 11.1 Å². The van der Waals surface area contributed by atoms with Gasteiger partial charge in [0.05, 0.1) is 0 Å². The Hall–Kier alpha value is -0.970. The zero-order valence-corrected chi connectivity index (χ0v) is 11.8. The van der Waals surface area contributed by atoms with Crippen LogP contribution in [0, 0.1) is 0 Å². The van der Waals surface area contributed by atoms with Crippen molar-refractivity contribution in [2.45, 2.75) is 56.5 Å². The number of thioether (sulfide) groups is 1. The van der Waals surface area contributed by atoms with E-state index in [0.717, 1.165) is 17.3 Å². The molecule has 0 saturated heterocycles. The first-order chi connectivity index (χ1) is 8.83. The summed E-state index contributed by atoms with van der Waals surface area (Å²) in [7, 11) is 0. The molecule has 0 aliphatic carbocycles. The Morgan fingerprint density at radius 3 is 2.39 bits per heavy atom. The zero-order chi connectivity index (χ0) is 13.1. The second-order valence-electron chi connectivity index (χ2n) is 4.40. The summed E-state index contributed by atoms with van der Waals surface area (Å²) in [6.07, 6.45) is 12.4. The van der Waals surface area contributed by atoms with Gasteiger partial charge in [-0.1, -0.05) is 49.9 Å². The third-order valence-corrected chi connectivity index (χ3v) is 3.70. The van der Waals surface area contributed by atoms with Crippen molar-refractivity contribution in [2.24, 2.45) is 0 Å². The van der Waals surface area contributed by atoms with E-state index >= 15 is 0 Å². The van der Waals surface area contributed by atoms with Crippen molar-refractivity contribution >= 4 is 17.7 Å². The van der Waals surface area contributed by atoms with Gasteiger partial charge in [0.25, 0.3) is 0 Å². The van der Waals surface area contributed by atoms with Gasteiger partial charge in [0, 0.05) is 5.75 Å². The fourth-order valence-corrected chi connectivity index (χ4v) is 2.56. The molecular formula is C13H24N4S. The summed E-state index contributed by atoms with van der Waals surface area (Å²) in [6.45, 7) is 3.73. The van der Waals surface area contributed by atoms with E-state index in [4.69, 9.17) is 5.73 Å². The maximum Gasteiger partial charge on any atom is 0.216 e. The van der Waals surface area contributed by atoms with Crippen LogP contribution in [0.4, 0.5) is 5.95 Å². The van der Waals surface area contributed by atoms with Gasteiger partial charge >= 0.3 is 0 Å². The quantitative estimate of drug-likeness (QED) is 0.364. The number of nitrogens with one attached hydrogen (secondary N) is 1. The zero-order valence-electron chi connectivity index (χ0n) is 11.0. The van der Waals surface area contributed by atoms with Crippen LogP contribution >= 0.6 is 11.8 Å². The van der Waals surface area contributed by atoms with E-state index in [2.05, 4.69) is 21.8 Å². The third kappa shape index (κ3) is 7.37. The van der Waals surface area contributed by atoms with Gasteiger partial charge in [-0.2, -0.15) is 4.98 Å². The SMILES string of the molecule is C=CCCCCCCCCCSc1n[nH]c(N)n1. The number of hydrogen-bond donors (Lipinski definition) is 2. The summed E-state index contributed by atoms with van der Waals surface area (Å²) >= 11 is 1.67. The van der Waals surface area contributed by atoms with E-state index in [1.165, 1.54) is 44.9 Å². The molecule has 5 heteroatoms. The molecule has 0 atom stereocenters. The lowest BCUT2D eigenvalue weighted by Gasteiger charge is -2.00. The van der Waals surface area contributed by atoms with Crippen LogP contribution in [0.3, 0.4) is 0 Å². The maximum absolute atomic E-state index is 5.45. The minimum Gasteiger partial charge on any atom is -0.368 e. The predicted molar refractivity (Wildman–Crippen MR) is 78.7 cm³/mol. The molecule has 4 nitrogen and oxygen atoms in total. The predicted octanol–water partition coefficient (Wildman–Crippen LogP) is 3.79. The van der Waals surface area contributed by atoms with E-state index in [1.807, 2.05) is 6.08 Å². The molecule has 0 aliphatic heterocycles. The van der Waals surface area contributed by atoms with Crippen molar-refractivity contribution in [2.75, 3.05) is 11.5 Å². The summed E-state index contributed by atoms with van der Waals surface area (Å²) in [4.78, 5) is 4.05. The molecule has 0 bridgehead atoms. The van der Waals surface area contributed by atoms with Crippen LogP contribution in [0.1, 0.15) is 51.4 Å². The van der Waals surface area contributed by atoms with Crippen molar-refractivity contribution in [1.29, 1.82) is 0 Å². The number of anilines is 1. The Labute approximate surface area is 114 Å². The summed E-state index contributed by atoms with van der Waals surface area (Å²) < 4.78 is 0. The lowest BCUT2D eigenvalue weighted by atomic mass is 10.1. The molecule has 0 fully saturated rings. The maximum atomic E-state index is 5.45. The van der Waals surface area contributed by atoms with E-state index in [0.29, 0.717) is 5.95 Å². The molecule has 1 aromatic heterocycles. The molecule has 3 N–H and O–H groups in total. The van der Waals surface area contributed by atoms with Gasteiger partial charge < -0.3 is 5.73 Å². The molecule has 0 aliphatic rings. The first kappa shape index (κ1) is 15.1. The summed E-state index contributed by atoms with van der Waals surface area (Å²) in [5.41, 5.74) is 5.45. The lowest BCUT2D eigenvalue weighted by Crippen LogP contribution is -1.86. The van der Waals surface area contributed by atoms with Gasteiger partial charge in [-0.3, -0.25) is 0 Å². The van der Waals surface area contributed by atoms with Gasteiger partial charge in [-0.25, -0.2) is 5.10 Å². The summed E-state index contributed by atoms with van der Waals surface area (Å²) in [5.74, 6) is 1.48. The largest absolute Gasteiger partial charge is 0.368 e. The smallest absolute Gasteiger partial charge is 0.216 e. The lowest BCUT2D eigenvalue weighted by molar-refractivity contribution is 0.593. The van der Waals surface area contributed by atoms with Crippen LogP contribution < -0.4 is 5.73 Å². The Kier molecular flexibility index (Phi) is 8.38. The van der Waals surface area contributed by atoms with Crippen molar-refractivity contribution in [1.82, 2.24) is 15.2 Å². The standard InChI is InChI=1S/C13H24N4S/c1-2-3-4-5-6-7-8-9-10-11-18-13-15-12(14)16-17-13/h2H,1,3-11H2,(H3,14,15,16,17). The second-order valence-corrected chi connectivity index (χ2v) is 5.47. The summed E-state index contributed by atoms with van der Waals surface area (Å²) in [6, 6.07) is 0. The van der Waals surface area contributed by atoms with Gasteiger partial charge in [-0.05, 0) is 19.3 Å². The number of aromatic nitrogens is 3. The third-order valence-electron chi connectivity index (χ3n) is 2.77. The number of nitrogens with two attached hydrogens (primary N) is 1. The monoisotopic (exact) mass is 268 g/mol. The molecule has 0 unspecified atom stereocenters. The number of nitrogens with zero attached hydrogens (tertiary/aromatic N) is 2. The van der Waals surface area contributed by atoms with Gasteiger partial charge in [0.1, 0.15) is 0 Å². The van der Waals surface area contributed by atoms with Crippen LogP contribution in [0.5, 0.6) is 0 Å². The Balaban J connectivity index is 1.83. The average Bonchev–Trinajstić information content (AvgIpc) is 2.77. The molecule has 0 amide bonds. The van der Waals surface area contributed by atoms with Crippen molar-refractivity contribution in [3.8, 4) is 0 Å². The second kappa shape index (κ2) is 10.00. The fraction of sp³-hybridized carbons (Fsp3) is 0.692. The molecular weight excluding hydrogens is 244 g/mol. The number of rotatable bonds is 11. The fourth-order valence-electron chi connectivity index (χ4n) is 1.76. The molecule has 0 aromatic carbocycles. The summed E-state index contributed by atoms with van der Waals surface area (Å²) in [5, 5.41) is 7.39. The van der Waals surface area contributed by atoms with Gasteiger partial charge in [-0.15, -0.1) is 11.7 Å². The molecule has 102 valence electrons. The number of unbranched alkanes of at least 4 members (excludes halogenated alkanes) is 7. The minimum atomic E-state index is 0.400. The Morgan fingerprint density at radius 2 is 1.78 bits per heavy atom. The minimum absolute atomic E-state index is 0.400. The van der Waals surface area contributed by atoms with E-state index in [1.54, 1.807) is 11.8 Å². The Bertz CT molecular complexity index is 325. The van der Waals surface area contributed by atoms with Crippen LogP contribution in [-0.4, -0.2) is 20.9 Å². The van der Waals surface area contributed by atoms with Crippen LogP contribution in [0.25, 0.3) is 0 Å². The molecule has 0 saturated carbocycles. The molecule has 0 radical (unpaired) electrons. The highest BCUT2D eigenvalue weighted by molar-refractivity contribution is 7.99. The van der Waals surface area contributed by atoms with E-state index in [9.17, 15) is 0 Å². The highest BCUT2D eigenvalue weighted by Gasteiger charge is 2.00. The van der Waals surface area contributed by atoms with E-state index in [-0.39, 0.29) is 0 Å². The molecule has 0 spiro atoms. The van der Waals surface area contributed by atoms with Crippen LogP contribution in [0.15, 0.2) is 17.8 Å². The number of hydrogen-bond acceptors (Lipinski definition) is 4. The van der Waals surface area contributed by atoms with Crippen LogP contribution in [0.2, 0.25) is 0 Å². The van der Waals surface area contributed by atoms with Crippen molar-refractivity contribution in [3.63, 3.8) is 0 Å². The van der Waals surface area contributed by atoms with Crippen LogP contribution in [-0.2, 0) is 0 Å². The highest BCUT2D eigenvalue weighted by atomic mass is 32.2. The van der Waals surface area contributed by atoms with E-state index < -0.39 is 0 Å². The highest BCUT2D eigenvalue weighted by Crippen LogP contribution is 2.16. The van der Waals surface area contributed by atoms with Crippen molar-refractivity contribution in [3.05, 3.63) is 12.7 Å². The van der Waals surface area contributed by atoms with Crippen molar-refractivity contribution < 1.29 is 0 Å². The molecule has 18 heavy (non-hydrogen) atoms. The molecule has 1 rings (SSSR count). The first-order valence-corrected chi connectivity index (χ1v) is 7.73. The average molecular weight is 268 g/mol. The number of H-pyrrole nitrogens is 1. The number of nitrogen functional groups attached to an aromatic ring is 1. The Morgan fingerprint density at radius 1 is 1.11 bits per heavy atom. The number of aromatic amines is 1. The normalized spacial score (nSPS) is 10.7. The molecule has 1 aromatic rings. The first-order valence-electron chi connectivity index (χ1n) is 6.74. The topological polar surface area (TPSA) is 67.6 Å². The molecule has 1 heterocycles.